The van der Waals surface area contributed by atoms with E-state index in [1.807, 2.05) is 0 Å². The van der Waals surface area contributed by atoms with Gasteiger partial charge in [0.25, 0.3) is 0 Å². The number of nitrogens with one attached hydrogen (secondary N) is 1. The third-order valence-corrected chi connectivity index (χ3v) is 3.91. The molecule has 18 heavy (non-hydrogen) atoms. The Kier molecular flexibility index (Phi) is 6.13. The topological polar surface area (TPSA) is 98.5 Å². The Balaban J connectivity index is 2.69. The molecule has 0 aromatic carbocycles. The largest absolute Gasteiger partial charge is 0.457 e. The molecule has 0 aromatic rings. The maximum absolute atomic E-state index is 11.6. The maximum Gasteiger partial charge on any atom is 0.412 e. The fraction of sp³-hybridized carbons (Fsp3) is 0.667. The van der Waals surface area contributed by atoms with Crippen LogP contribution in [-0.4, -0.2) is 46.0 Å². The summed E-state index contributed by atoms with van der Waals surface area (Å²) in [7, 11) is -1.09. The number of thioether (sulfide) groups is 1. The molecule has 0 radical (unpaired) electrons. The van der Waals surface area contributed by atoms with E-state index in [4.69, 9.17) is 4.74 Å². The van der Waals surface area contributed by atoms with Crippen LogP contribution in [0.5, 0.6) is 0 Å². The third-order valence-electron chi connectivity index (χ3n) is 2.05. The normalized spacial score (nSPS) is 19.6. The molecule has 0 spiro atoms. The molecule has 1 aliphatic rings. The van der Waals surface area contributed by atoms with Crippen molar-refractivity contribution >= 4 is 28.5 Å². The van der Waals surface area contributed by atoms with E-state index < -0.39 is 27.4 Å². The lowest BCUT2D eigenvalue weighted by atomic mass is 10.4. The SMILES string of the molecule is CS(=O)CCOC(=O)/C(=C1\NCCCS1)[N+](=O)[O-]. The fourth-order valence-electron chi connectivity index (χ4n) is 1.22. The average molecular weight is 294 g/mol. The molecule has 1 saturated heterocycles. The van der Waals surface area contributed by atoms with E-state index >= 15 is 0 Å². The smallest absolute Gasteiger partial charge is 0.412 e. The summed E-state index contributed by atoms with van der Waals surface area (Å²) in [5, 5.41) is 13.9. The number of nitro groups is 1. The van der Waals surface area contributed by atoms with Gasteiger partial charge < -0.3 is 10.1 Å². The minimum absolute atomic E-state index is 0.0861. The van der Waals surface area contributed by atoms with E-state index in [-0.39, 0.29) is 17.4 Å². The van der Waals surface area contributed by atoms with Gasteiger partial charge in [-0.25, -0.2) is 4.79 Å². The van der Waals surface area contributed by atoms with E-state index in [9.17, 15) is 19.1 Å². The van der Waals surface area contributed by atoms with Gasteiger partial charge >= 0.3 is 11.7 Å². The summed E-state index contributed by atoms with van der Waals surface area (Å²) < 4.78 is 15.5. The highest BCUT2D eigenvalue weighted by Crippen LogP contribution is 2.22. The van der Waals surface area contributed by atoms with Crippen LogP contribution in [-0.2, 0) is 20.3 Å². The van der Waals surface area contributed by atoms with Gasteiger partial charge in [0, 0.05) is 29.4 Å². The number of carbonyl (C=O) groups is 1. The van der Waals surface area contributed by atoms with Crippen molar-refractivity contribution in [1.82, 2.24) is 5.32 Å². The quantitative estimate of drug-likeness (QED) is 0.332. The molecule has 0 aliphatic carbocycles. The number of carbonyl (C=O) groups excluding carboxylic acids is 1. The van der Waals surface area contributed by atoms with E-state index in [0.717, 1.165) is 12.2 Å². The lowest BCUT2D eigenvalue weighted by Gasteiger charge is -2.15. The monoisotopic (exact) mass is 294 g/mol. The standard InChI is InChI=1S/C9H14N2O5S2/c1-18(15)6-4-16-9(12)7(11(13)14)8-10-3-2-5-17-8/h10H,2-6H2,1H3/b8-7-. The lowest BCUT2D eigenvalue weighted by Crippen LogP contribution is -2.27. The second kappa shape index (κ2) is 7.37. The zero-order valence-corrected chi connectivity index (χ0v) is 11.5. The predicted octanol–water partition coefficient (Wildman–Crippen LogP) is 0.0804. The highest BCUT2D eigenvalue weighted by Gasteiger charge is 2.30. The maximum atomic E-state index is 11.6. The van der Waals surface area contributed by atoms with E-state index in [1.54, 1.807) is 0 Å². The first kappa shape index (κ1) is 15.0. The molecule has 1 N–H and O–H groups in total. The highest BCUT2D eigenvalue weighted by molar-refractivity contribution is 8.03. The summed E-state index contributed by atoms with van der Waals surface area (Å²) in [4.78, 5) is 21.7. The molecule has 1 atom stereocenters. The summed E-state index contributed by atoms with van der Waals surface area (Å²) in [5.74, 6) is -0.0826. The second-order valence-electron chi connectivity index (χ2n) is 3.48. The third kappa shape index (κ3) is 4.65. The van der Waals surface area contributed by atoms with Crippen molar-refractivity contribution in [2.45, 2.75) is 6.42 Å². The zero-order valence-electron chi connectivity index (χ0n) is 9.84. The summed E-state index contributed by atoms with van der Waals surface area (Å²) in [6, 6.07) is 0. The molecule has 0 saturated carbocycles. The van der Waals surface area contributed by atoms with Gasteiger partial charge in [-0.3, -0.25) is 14.3 Å². The average Bonchev–Trinajstić information content (AvgIpc) is 2.29. The molecule has 1 fully saturated rings. The molecule has 0 amide bonds. The zero-order chi connectivity index (χ0) is 13.5. The highest BCUT2D eigenvalue weighted by atomic mass is 32.2. The Morgan fingerprint density at radius 2 is 2.39 bits per heavy atom. The van der Waals surface area contributed by atoms with Gasteiger partial charge in [-0.05, 0) is 6.42 Å². The van der Waals surface area contributed by atoms with Crippen molar-refractivity contribution in [3.8, 4) is 0 Å². The van der Waals surface area contributed by atoms with Crippen LogP contribution in [0.4, 0.5) is 0 Å². The van der Waals surface area contributed by atoms with Gasteiger partial charge in [0.15, 0.2) is 5.03 Å². The van der Waals surface area contributed by atoms with Crippen LogP contribution in [0.15, 0.2) is 10.7 Å². The van der Waals surface area contributed by atoms with Crippen LogP contribution in [0.1, 0.15) is 6.42 Å². The minimum atomic E-state index is -1.09. The van der Waals surface area contributed by atoms with Gasteiger partial charge in [-0.15, -0.1) is 11.8 Å². The van der Waals surface area contributed by atoms with Crippen LogP contribution in [0.25, 0.3) is 0 Å². The molecule has 1 rings (SSSR count). The first-order valence-corrected chi connectivity index (χ1v) is 7.96. The van der Waals surface area contributed by atoms with Crippen molar-refractivity contribution < 1.29 is 18.7 Å². The Labute approximate surface area is 111 Å². The van der Waals surface area contributed by atoms with Crippen molar-refractivity contribution in [2.24, 2.45) is 0 Å². The van der Waals surface area contributed by atoms with Gasteiger partial charge in [0.1, 0.15) is 6.61 Å². The van der Waals surface area contributed by atoms with Crippen LogP contribution in [0.3, 0.4) is 0 Å². The Morgan fingerprint density at radius 3 is 2.89 bits per heavy atom. The fourth-order valence-corrected chi connectivity index (χ4v) is 2.53. The minimum Gasteiger partial charge on any atom is -0.457 e. The van der Waals surface area contributed by atoms with E-state index in [2.05, 4.69) is 5.32 Å². The van der Waals surface area contributed by atoms with Crippen molar-refractivity contribution in [3.63, 3.8) is 0 Å². The molecule has 1 aliphatic heterocycles. The molecular formula is C9H14N2O5S2. The Bertz CT molecular complexity index is 388. The number of hydrogen-bond donors (Lipinski definition) is 1. The summed E-state index contributed by atoms with van der Waals surface area (Å²) in [5.41, 5.74) is -0.568. The molecular weight excluding hydrogens is 280 g/mol. The van der Waals surface area contributed by atoms with Gasteiger partial charge in [0.2, 0.25) is 0 Å². The van der Waals surface area contributed by atoms with Crippen LogP contribution >= 0.6 is 11.8 Å². The summed E-state index contributed by atoms with van der Waals surface area (Å²) in [6.07, 6.45) is 2.36. The van der Waals surface area contributed by atoms with Crippen molar-refractivity contribution in [3.05, 3.63) is 20.8 Å². The number of ether oxygens (including phenoxy) is 1. The molecule has 0 bridgehead atoms. The van der Waals surface area contributed by atoms with Gasteiger partial charge in [-0.1, -0.05) is 0 Å². The van der Waals surface area contributed by atoms with Crippen LogP contribution < -0.4 is 5.32 Å². The summed E-state index contributed by atoms with van der Waals surface area (Å²) in [6.45, 7) is 0.517. The molecule has 7 nitrogen and oxygen atoms in total. The van der Waals surface area contributed by atoms with Crippen molar-refractivity contribution in [1.29, 1.82) is 0 Å². The van der Waals surface area contributed by atoms with Crippen LogP contribution in [0.2, 0.25) is 0 Å². The molecule has 9 heteroatoms. The van der Waals surface area contributed by atoms with E-state index in [0.29, 0.717) is 6.54 Å². The molecule has 1 heterocycles. The summed E-state index contributed by atoms with van der Waals surface area (Å²) >= 11 is 1.23. The molecule has 1 unspecified atom stereocenters. The number of rotatable bonds is 5. The van der Waals surface area contributed by atoms with Crippen molar-refractivity contribution in [2.75, 3.05) is 30.9 Å². The van der Waals surface area contributed by atoms with E-state index in [1.165, 1.54) is 18.0 Å². The number of esters is 1. The Hall–Kier alpha value is -1.09. The van der Waals surface area contributed by atoms with Gasteiger partial charge in [-0.2, -0.15) is 0 Å². The second-order valence-corrected chi connectivity index (χ2v) is 6.14. The van der Waals surface area contributed by atoms with Crippen LogP contribution in [0, 0.1) is 10.1 Å². The van der Waals surface area contributed by atoms with Gasteiger partial charge in [0.05, 0.1) is 10.7 Å². The lowest BCUT2D eigenvalue weighted by molar-refractivity contribution is -0.422. The molecule has 102 valence electrons. The Morgan fingerprint density at radius 1 is 1.67 bits per heavy atom. The number of hydrogen-bond acceptors (Lipinski definition) is 7. The first-order chi connectivity index (χ1) is 8.52. The number of nitrogens with zero attached hydrogens (tertiary/aromatic N) is 1. The molecule has 0 aromatic heterocycles. The predicted molar refractivity (Wildman–Crippen MR) is 69.0 cm³/mol. The first-order valence-electron chi connectivity index (χ1n) is 5.25.